The zero-order valence-corrected chi connectivity index (χ0v) is 14.3. The van der Waals surface area contributed by atoms with Crippen LogP contribution >= 0.6 is 12.2 Å². The Morgan fingerprint density at radius 2 is 1.96 bits per heavy atom. The Labute approximate surface area is 146 Å². The molecule has 2 amide bonds. The van der Waals surface area contributed by atoms with Gasteiger partial charge < -0.3 is 4.74 Å². The average molecular weight is 345 g/mol. The van der Waals surface area contributed by atoms with Crippen LogP contribution in [0.5, 0.6) is 5.75 Å². The first kappa shape index (κ1) is 16.6. The summed E-state index contributed by atoms with van der Waals surface area (Å²) in [6.07, 6.45) is 6.54. The van der Waals surface area contributed by atoms with E-state index in [0.717, 1.165) is 42.7 Å². The van der Waals surface area contributed by atoms with Crippen molar-refractivity contribution < 1.29 is 14.3 Å². The van der Waals surface area contributed by atoms with Crippen LogP contribution in [-0.4, -0.2) is 46.2 Å². The Balaban J connectivity index is 1.78. The standard InChI is InChI=1S/C17H19N3O3S/c1-23-14-9-5-6-12(10-14)11-18-20-16(22)15(21)19(17(20)24)13-7-3-2-4-8-13/h5-6,9-11,13H,2-4,7-8H2,1H3/b18-11+. The molecule has 2 fully saturated rings. The van der Waals surface area contributed by atoms with Gasteiger partial charge in [-0.15, -0.1) is 0 Å². The highest BCUT2D eigenvalue weighted by molar-refractivity contribution is 7.80. The Bertz CT molecular complexity index is 698. The number of benzene rings is 1. The van der Waals surface area contributed by atoms with Crippen molar-refractivity contribution in [1.82, 2.24) is 9.91 Å². The third kappa shape index (κ3) is 3.17. The van der Waals surface area contributed by atoms with Gasteiger partial charge in [0.15, 0.2) is 0 Å². The van der Waals surface area contributed by atoms with Gasteiger partial charge in [0.05, 0.1) is 13.3 Å². The van der Waals surface area contributed by atoms with Crippen molar-refractivity contribution in [2.75, 3.05) is 7.11 Å². The number of amides is 2. The highest BCUT2D eigenvalue weighted by Crippen LogP contribution is 2.27. The van der Waals surface area contributed by atoms with Crippen molar-refractivity contribution in [1.29, 1.82) is 0 Å². The lowest BCUT2D eigenvalue weighted by atomic mass is 9.94. The van der Waals surface area contributed by atoms with Crippen molar-refractivity contribution in [3.8, 4) is 5.75 Å². The number of ether oxygens (including phenoxy) is 1. The first-order chi connectivity index (χ1) is 11.6. The van der Waals surface area contributed by atoms with Crippen LogP contribution in [0, 0.1) is 0 Å². The number of carbonyl (C=O) groups excluding carboxylic acids is 2. The minimum absolute atomic E-state index is 0.0136. The quantitative estimate of drug-likeness (QED) is 0.477. The van der Waals surface area contributed by atoms with Gasteiger partial charge in [0.1, 0.15) is 5.75 Å². The number of methoxy groups -OCH3 is 1. The van der Waals surface area contributed by atoms with Crippen LogP contribution < -0.4 is 4.74 Å². The van der Waals surface area contributed by atoms with E-state index in [1.54, 1.807) is 13.2 Å². The number of hydrogen-bond donors (Lipinski definition) is 0. The van der Waals surface area contributed by atoms with Crippen LogP contribution in [0.4, 0.5) is 0 Å². The van der Waals surface area contributed by atoms with Crippen LogP contribution in [0.25, 0.3) is 0 Å². The van der Waals surface area contributed by atoms with Crippen molar-refractivity contribution >= 4 is 35.4 Å². The van der Waals surface area contributed by atoms with Gasteiger partial charge in [-0.1, -0.05) is 31.4 Å². The molecule has 1 heterocycles. The second-order valence-electron chi connectivity index (χ2n) is 5.89. The molecule has 1 saturated carbocycles. The molecular formula is C17H19N3O3S. The Hall–Kier alpha value is -2.28. The number of rotatable bonds is 4. The van der Waals surface area contributed by atoms with E-state index in [-0.39, 0.29) is 11.2 Å². The summed E-state index contributed by atoms with van der Waals surface area (Å²) in [5.41, 5.74) is 0.758. The van der Waals surface area contributed by atoms with Gasteiger partial charge in [-0.25, -0.2) is 0 Å². The first-order valence-corrected chi connectivity index (χ1v) is 8.42. The normalized spacial score (nSPS) is 19.6. The van der Waals surface area contributed by atoms with E-state index in [1.807, 2.05) is 18.2 Å². The van der Waals surface area contributed by atoms with E-state index < -0.39 is 11.8 Å². The summed E-state index contributed by atoms with van der Waals surface area (Å²) in [6, 6.07) is 7.27. The Kier molecular flexibility index (Phi) is 4.89. The summed E-state index contributed by atoms with van der Waals surface area (Å²) in [5.74, 6) is -0.575. The van der Waals surface area contributed by atoms with Gasteiger partial charge in [0.25, 0.3) is 0 Å². The third-order valence-electron chi connectivity index (χ3n) is 4.34. The predicted octanol–water partition coefficient (Wildman–Crippen LogP) is 2.32. The Morgan fingerprint density at radius 1 is 1.21 bits per heavy atom. The lowest BCUT2D eigenvalue weighted by Crippen LogP contribution is -2.41. The maximum Gasteiger partial charge on any atom is 0.339 e. The van der Waals surface area contributed by atoms with Crippen molar-refractivity contribution in [3.05, 3.63) is 29.8 Å². The highest BCUT2D eigenvalue weighted by Gasteiger charge is 2.45. The predicted molar refractivity (Wildman–Crippen MR) is 93.8 cm³/mol. The van der Waals surface area contributed by atoms with Gasteiger partial charge in [0.2, 0.25) is 5.11 Å². The lowest BCUT2D eigenvalue weighted by Gasteiger charge is -2.29. The minimum atomic E-state index is -0.690. The van der Waals surface area contributed by atoms with Crippen molar-refractivity contribution in [3.63, 3.8) is 0 Å². The molecule has 126 valence electrons. The molecule has 3 rings (SSSR count). The molecule has 6 nitrogen and oxygen atoms in total. The van der Waals surface area contributed by atoms with Gasteiger partial charge in [-0.3, -0.25) is 14.5 Å². The molecule has 0 atom stereocenters. The molecule has 1 aliphatic carbocycles. The summed E-state index contributed by atoms with van der Waals surface area (Å²) < 4.78 is 5.15. The fourth-order valence-electron chi connectivity index (χ4n) is 3.08. The number of nitrogens with zero attached hydrogens (tertiary/aromatic N) is 3. The SMILES string of the molecule is COc1cccc(/C=N/N2C(=O)C(=O)N(C3CCCCC3)C2=S)c1. The molecule has 0 radical (unpaired) electrons. The molecular weight excluding hydrogens is 326 g/mol. The summed E-state index contributed by atoms with van der Waals surface area (Å²) in [5, 5.41) is 5.32. The zero-order valence-electron chi connectivity index (χ0n) is 13.5. The van der Waals surface area contributed by atoms with E-state index in [1.165, 1.54) is 11.1 Å². The smallest absolute Gasteiger partial charge is 0.339 e. The summed E-state index contributed by atoms with van der Waals surface area (Å²) in [6.45, 7) is 0. The number of hydrogen-bond acceptors (Lipinski definition) is 5. The van der Waals surface area contributed by atoms with Crippen LogP contribution in [0.3, 0.4) is 0 Å². The van der Waals surface area contributed by atoms with Crippen LogP contribution in [-0.2, 0) is 9.59 Å². The molecule has 7 heteroatoms. The molecule has 2 aliphatic rings. The van der Waals surface area contributed by atoms with Gasteiger partial charge in [-0.05, 0) is 42.8 Å². The van der Waals surface area contributed by atoms with Gasteiger partial charge >= 0.3 is 11.8 Å². The zero-order chi connectivity index (χ0) is 17.1. The van der Waals surface area contributed by atoms with Crippen LogP contribution in [0.1, 0.15) is 37.7 Å². The molecule has 1 aromatic rings. The monoisotopic (exact) mass is 345 g/mol. The van der Waals surface area contributed by atoms with Gasteiger partial charge in [-0.2, -0.15) is 10.1 Å². The molecule has 0 aromatic heterocycles. The average Bonchev–Trinajstić information content (AvgIpc) is 2.83. The molecule has 24 heavy (non-hydrogen) atoms. The number of thiocarbonyl (C=S) groups is 1. The summed E-state index contributed by atoms with van der Waals surface area (Å²) in [4.78, 5) is 26.0. The number of hydrazone groups is 1. The van der Waals surface area contributed by atoms with Crippen LogP contribution in [0.2, 0.25) is 0 Å². The summed E-state index contributed by atoms with van der Waals surface area (Å²) >= 11 is 5.33. The highest BCUT2D eigenvalue weighted by atomic mass is 32.1. The molecule has 1 aliphatic heterocycles. The minimum Gasteiger partial charge on any atom is -0.497 e. The van der Waals surface area contributed by atoms with Gasteiger partial charge in [0, 0.05) is 6.04 Å². The maximum atomic E-state index is 12.3. The molecule has 0 spiro atoms. The topological polar surface area (TPSA) is 62.2 Å². The van der Waals surface area contributed by atoms with Crippen molar-refractivity contribution in [2.45, 2.75) is 38.1 Å². The lowest BCUT2D eigenvalue weighted by molar-refractivity contribution is -0.144. The molecule has 1 aromatic carbocycles. The summed E-state index contributed by atoms with van der Waals surface area (Å²) in [7, 11) is 1.58. The van der Waals surface area contributed by atoms with E-state index in [9.17, 15) is 9.59 Å². The van der Waals surface area contributed by atoms with Crippen molar-refractivity contribution in [2.24, 2.45) is 5.10 Å². The maximum absolute atomic E-state index is 12.3. The molecule has 0 unspecified atom stereocenters. The second-order valence-corrected chi connectivity index (χ2v) is 6.25. The van der Waals surface area contributed by atoms with E-state index >= 15 is 0 Å². The Morgan fingerprint density at radius 3 is 2.67 bits per heavy atom. The molecule has 1 saturated heterocycles. The van der Waals surface area contributed by atoms with E-state index in [0.29, 0.717) is 5.75 Å². The van der Waals surface area contributed by atoms with E-state index in [4.69, 9.17) is 17.0 Å². The largest absolute Gasteiger partial charge is 0.497 e. The molecule has 0 N–H and O–H groups in total. The number of carbonyl (C=O) groups is 2. The van der Waals surface area contributed by atoms with E-state index in [2.05, 4.69) is 5.10 Å². The first-order valence-electron chi connectivity index (χ1n) is 8.01. The van der Waals surface area contributed by atoms with Crippen LogP contribution in [0.15, 0.2) is 29.4 Å². The third-order valence-corrected chi connectivity index (χ3v) is 4.71. The molecule has 0 bridgehead atoms. The fourth-order valence-corrected chi connectivity index (χ4v) is 3.44. The second kappa shape index (κ2) is 7.09. The fraction of sp³-hybridized carbons (Fsp3) is 0.412.